The van der Waals surface area contributed by atoms with E-state index in [1.54, 1.807) is 0 Å². The highest BCUT2D eigenvalue weighted by molar-refractivity contribution is 7.99. The SMILES string of the molecule is OC[C@H]1O[C@@H](SCCCc2ccccc2)[C@@H](O)[C@@H](O)[C@@H]1O. The van der Waals surface area contributed by atoms with Crippen molar-refractivity contribution in [1.29, 1.82) is 0 Å². The summed E-state index contributed by atoms with van der Waals surface area (Å²) in [5.41, 5.74) is 0.628. The molecule has 4 N–H and O–H groups in total. The molecule has 0 saturated carbocycles. The van der Waals surface area contributed by atoms with Crippen LogP contribution < -0.4 is 0 Å². The molecule has 0 aromatic heterocycles. The van der Waals surface area contributed by atoms with Crippen LogP contribution in [0.2, 0.25) is 0 Å². The Morgan fingerprint density at radius 2 is 1.71 bits per heavy atom. The molecule has 0 amide bonds. The van der Waals surface area contributed by atoms with Gasteiger partial charge in [0, 0.05) is 0 Å². The van der Waals surface area contributed by atoms with Gasteiger partial charge >= 0.3 is 0 Å². The standard InChI is InChI=1S/C15H22O5S/c16-9-11-12(17)13(18)14(19)15(20-11)21-8-4-7-10-5-2-1-3-6-10/h1-3,5-6,11-19H,4,7-9H2/t11-,12-,13+,14+,15+/m1/s1. The Labute approximate surface area is 128 Å². The Bertz CT molecular complexity index is 414. The quantitative estimate of drug-likeness (QED) is 0.559. The number of benzene rings is 1. The summed E-state index contributed by atoms with van der Waals surface area (Å²) in [4.78, 5) is 0. The van der Waals surface area contributed by atoms with Gasteiger partial charge in [0.2, 0.25) is 0 Å². The maximum atomic E-state index is 9.90. The van der Waals surface area contributed by atoms with Crippen LogP contribution in [0.4, 0.5) is 0 Å². The van der Waals surface area contributed by atoms with E-state index in [0.29, 0.717) is 0 Å². The van der Waals surface area contributed by atoms with Crippen LogP contribution in [0.15, 0.2) is 30.3 Å². The number of hydrogen-bond donors (Lipinski definition) is 4. The minimum absolute atomic E-state index is 0.383. The van der Waals surface area contributed by atoms with Crippen LogP contribution >= 0.6 is 11.8 Å². The Kier molecular flexibility index (Phi) is 6.47. The highest BCUT2D eigenvalue weighted by atomic mass is 32.2. The Balaban J connectivity index is 1.77. The van der Waals surface area contributed by atoms with Crippen molar-refractivity contribution in [3.63, 3.8) is 0 Å². The minimum Gasteiger partial charge on any atom is -0.394 e. The lowest BCUT2D eigenvalue weighted by atomic mass is 10.0. The smallest absolute Gasteiger partial charge is 0.132 e. The first-order valence-corrected chi connectivity index (χ1v) is 8.14. The molecule has 1 saturated heterocycles. The average molecular weight is 314 g/mol. The number of aliphatic hydroxyl groups is 4. The summed E-state index contributed by atoms with van der Waals surface area (Å²) in [5.74, 6) is 0.761. The highest BCUT2D eigenvalue weighted by Crippen LogP contribution is 2.29. The van der Waals surface area contributed by atoms with E-state index in [2.05, 4.69) is 12.1 Å². The molecule has 1 aromatic rings. The molecule has 0 spiro atoms. The van der Waals surface area contributed by atoms with E-state index in [4.69, 9.17) is 9.84 Å². The summed E-state index contributed by atoms with van der Waals surface area (Å²) in [6, 6.07) is 10.1. The summed E-state index contributed by atoms with van der Waals surface area (Å²) in [6.07, 6.45) is -2.69. The lowest BCUT2D eigenvalue weighted by Gasteiger charge is -2.39. The second-order valence-corrected chi connectivity index (χ2v) is 6.36. The first-order chi connectivity index (χ1) is 10.1. The maximum absolute atomic E-state index is 9.90. The predicted octanol–water partition coefficient (Wildman–Crippen LogP) is 0.152. The molecule has 5 nitrogen and oxygen atoms in total. The number of aryl methyl sites for hydroxylation is 1. The molecule has 0 bridgehead atoms. The largest absolute Gasteiger partial charge is 0.394 e. The van der Waals surface area contributed by atoms with Crippen molar-refractivity contribution in [3.05, 3.63) is 35.9 Å². The zero-order valence-electron chi connectivity index (χ0n) is 11.7. The maximum Gasteiger partial charge on any atom is 0.132 e. The third-order valence-electron chi connectivity index (χ3n) is 3.58. The monoisotopic (exact) mass is 314 g/mol. The van der Waals surface area contributed by atoms with Crippen LogP contribution in [0.3, 0.4) is 0 Å². The van der Waals surface area contributed by atoms with Crippen molar-refractivity contribution in [3.8, 4) is 0 Å². The van der Waals surface area contributed by atoms with Gasteiger partial charge < -0.3 is 25.2 Å². The summed E-state index contributed by atoms with van der Waals surface area (Å²) >= 11 is 1.40. The molecule has 1 aromatic carbocycles. The summed E-state index contributed by atoms with van der Waals surface area (Å²) in [6.45, 7) is -0.383. The molecule has 2 rings (SSSR count). The molecule has 1 heterocycles. The van der Waals surface area contributed by atoms with E-state index in [1.807, 2.05) is 18.2 Å². The second kappa shape index (κ2) is 8.12. The lowest BCUT2D eigenvalue weighted by Crippen LogP contribution is -2.57. The van der Waals surface area contributed by atoms with Crippen molar-refractivity contribution in [2.75, 3.05) is 12.4 Å². The van der Waals surface area contributed by atoms with Gasteiger partial charge in [-0.2, -0.15) is 0 Å². The van der Waals surface area contributed by atoms with Gasteiger partial charge in [-0.25, -0.2) is 0 Å². The third-order valence-corrected chi connectivity index (χ3v) is 4.83. The number of thioether (sulfide) groups is 1. The summed E-state index contributed by atoms with van der Waals surface area (Å²) < 4.78 is 5.44. The molecule has 0 unspecified atom stereocenters. The Hall–Kier alpha value is -0.630. The normalized spacial score (nSPS) is 33.0. The van der Waals surface area contributed by atoms with E-state index in [0.717, 1.165) is 18.6 Å². The fourth-order valence-corrected chi connectivity index (χ4v) is 3.45. The fourth-order valence-electron chi connectivity index (χ4n) is 2.33. The molecule has 5 atom stereocenters. The van der Waals surface area contributed by atoms with Crippen molar-refractivity contribution in [2.24, 2.45) is 0 Å². The minimum atomic E-state index is -1.29. The van der Waals surface area contributed by atoms with E-state index in [-0.39, 0.29) is 6.61 Å². The van der Waals surface area contributed by atoms with Crippen LogP contribution in [0, 0.1) is 0 Å². The molecule has 1 aliphatic rings. The predicted molar refractivity (Wildman–Crippen MR) is 81.0 cm³/mol. The van der Waals surface area contributed by atoms with Crippen LogP contribution in [0.1, 0.15) is 12.0 Å². The molecule has 1 aliphatic heterocycles. The van der Waals surface area contributed by atoms with Crippen molar-refractivity contribution < 1.29 is 25.2 Å². The molecular weight excluding hydrogens is 292 g/mol. The topological polar surface area (TPSA) is 90.2 Å². The lowest BCUT2D eigenvalue weighted by molar-refractivity contribution is -0.205. The van der Waals surface area contributed by atoms with Crippen LogP contribution in [0.5, 0.6) is 0 Å². The van der Waals surface area contributed by atoms with E-state index < -0.39 is 29.9 Å². The van der Waals surface area contributed by atoms with Gasteiger partial charge in [-0.15, -0.1) is 11.8 Å². The summed E-state index contributed by atoms with van der Waals surface area (Å²) in [5, 5.41) is 38.4. The van der Waals surface area contributed by atoms with E-state index in [1.165, 1.54) is 17.3 Å². The fraction of sp³-hybridized carbons (Fsp3) is 0.600. The van der Waals surface area contributed by atoms with Crippen LogP contribution in [0.25, 0.3) is 0 Å². The molecular formula is C15H22O5S. The Morgan fingerprint density at radius 3 is 2.38 bits per heavy atom. The number of ether oxygens (including phenoxy) is 1. The molecule has 118 valence electrons. The third kappa shape index (κ3) is 4.42. The zero-order valence-corrected chi connectivity index (χ0v) is 12.5. The first kappa shape index (κ1) is 16.7. The van der Waals surface area contributed by atoms with Crippen molar-refractivity contribution >= 4 is 11.8 Å². The highest BCUT2D eigenvalue weighted by Gasteiger charge is 2.43. The molecule has 1 fully saturated rings. The van der Waals surface area contributed by atoms with Gasteiger partial charge in [-0.3, -0.25) is 0 Å². The zero-order chi connectivity index (χ0) is 15.2. The van der Waals surface area contributed by atoms with Crippen molar-refractivity contribution in [2.45, 2.75) is 42.7 Å². The van der Waals surface area contributed by atoms with Gasteiger partial charge in [0.25, 0.3) is 0 Å². The molecule has 0 aliphatic carbocycles. The molecule has 21 heavy (non-hydrogen) atoms. The Morgan fingerprint density at radius 1 is 1.00 bits per heavy atom. The van der Waals surface area contributed by atoms with Gasteiger partial charge in [0.1, 0.15) is 29.9 Å². The van der Waals surface area contributed by atoms with E-state index >= 15 is 0 Å². The second-order valence-electron chi connectivity index (χ2n) is 5.16. The average Bonchev–Trinajstić information content (AvgIpc) is 2.52. The van der Waals surface area contributed by atoms with Gasteiger partial charge in [0.15, 0.2) is 0 Å². The molecule has 0 radical (unpaired) electrons. The van der Waals surface area contributed by atoms with Gasteiger partial charge in [-0.1, -0.05) is 30.3 Å². The van der Waals surface area contributed by atoms with E-state index in [9.17, 15) is 15.3 Å². The van der Waals surface area contributed by atoms with Crippen LogP contribution in [-0.2, 0) is 11.2 Å². The van der Waals surface area contributed by atoms with Crippen LogP contribution in [-0.4, -0.2) is 62.6 Å². The van der Waals surface area contributed by atoms with Gasteiger partial charge in [0.05, 0.1) is 6.61 Å². The van der Waals surface area contributed by atoms with Gasteiger partial charge in [-0.05, 0) is 24.2 Å². The first-order valence-electron chi connectivity index (χ1n) is 7.09. The molecule has 6 heteroatoms. The number of rotatable bonds is 6. The number of hydrogen-bond acceptors (Lipinski definition) is 6. The van der Waals surface area contributed by atoms with Crippen molar-refractivity contribution in [1.82, 2.24) is 0 Å². The summed E-state index contributed by atoms with van der Waals surface area (Å²) in [7, 11) is 0. The number of aliphatic hydroxyl groups excluding tert-OH is 4.